The summed E-state index contributed by atoms with van der Waals surface area (Å²) < 4.78 is 0. The molecule has 0 saturated heterocycles. The van der Waals surface area contributed by atoms with Gasteiger partial charge in [-0.25, -0.2) is 5.43 Å². The quantitative estimate of drug-likeness (QED) is 0.679. The van der Waals surface area contributed by atoms with E-state index in [1.807, 2.05) is 42.6 Å². The van der Waals surface area contributed by atoms with Crippen molar-refractivity contribution < 1.29 is 4.79 Å². The van der Waals surface area contributed by atoms with E-state index in [9.17, 15) is 4.79 Å². The molecule has 2 aromatic rings. The zero-order chi connectivity index (χ0) is 14.5. The molecule has 1 aromatic heterocycles. The summed E-state index contributed by atoms with van der Waals surface area (Å²) in [5.74, 6) is -0.0934. The average molecular weight is 286 g/mol. The number of hydrogen-bond acceptors (Lipinski definition) is 3. The minimum absolute atomic E-state index is 0.0934. The molecule has 0 aliphatic heterocycles. The summed E-state index contributed by atoms with van der Waals surface area (Å²) in [6.45, 7) is 6.01. The Kier molecular flexibility index (Phi) is 4.69. The van der Waals surface area contributed by atoms with Crippen LogP contribution in [0.1, 0.15) is 28.5 Å². The molecule has 104 valence electrons. The van der Waals surface area contributed by atoms with Crippen LogP contribution in [0.15, 0.2) is 40.8 Å². The van der Waals surface area contributed by atoms with E-state index in [2.05, 4.69) is 24.4 Å². The van der Waals surface area contributed by atoms with Gasteiger partial charge in [0.25, 0.3) is 0 Å². The van der Waals surface area contributed by atoms with Crippen molar-refractivity contribution in [2.45, 2.75) is 27.2 Å². The largest absolute Gasteiger partial charge is 0.273 e. The van der Waals surface area contributed by atoms with Gasteiger partial charge in [0, 0.05) is 4.88 Å². The van der Waals surface area contributed by atoms with Crippen LogP contribution in [0.4, 0.5) is 0 Å². The Hall–Kier alpha value is -1.94. The maximum absolute atomic E-state index is 11.9. The van der Waals surface area contributed by atoms with Crippen LogP contribution in [0.5, 0.6) is 0 Å². The van der Waals surface area contributed by atoms with Gasteiger partial charge < -0.3 is 0 Å². The summed E-state index contributed by atoms with van der Waals surface area (Å²) >= 11 is 1.61. The van der Waals surface area contributed by atoms with Gasteiger partial charge >= 0.3 is 0 Å². The van der Waals surface area contributed by atoms with Gasteiger partial charge in [-0.2, -0.15) is 5.10 Å². The molecule has 2 rings (SSSR count). The van der Waals surface area contributed by atoms with E-state index >= 15 is 0 Å². The monoisotopic (exact) mass is 286 g/mol. The molecule has 0 saturated carbocycles. The zero-order valence-electron chi connectivity index (χ0n) is 11.9. The Bertz CT molecular complexity index is 630. The van der Waals surface area contributed by atoms with Crippen molar-refractivity contribution >= 4 is 23.0 Å². The highest BCUT2D eigenvalue weighted by Crippen LogP contribution is 2.11. The maximum atomic E-state index is 11.9. The van der Waals surface area contributed by atoms with Crippen LogP contribution >= 0.6 is 11.3 Å². The van der Waals surface area contributed by atoms with Crippen LogP contribution in [-0.2, 0) is 11.2 Å². The first-order valence-corrected chi connectivity index (χ1v) is 7.37. The van der Waals surface area contributed by atoms with Gasteiger partial charge in [-0.05, 0) is 48.9 Å². The second-order valence-corrected chi connectivity index (χ2v) is 5.75. The van der Waals surface area contributed by atoms with E-state index in [1.165, 1.54) is 11.1 Å². The van der Waals surface area contributed by atoms with E-state index in [1.54, 1.807) is 11.3 Å². The molecule has 0 atom stereocenters. The van der Waals surface area contributed by atoms with Crippen molar-refractivity contribution in [3.63, 3.8) is 0 Å². The number of benzene rings is 1. The minimum Gasteiger partial charge on any atom is -0.273 e. The average Bonchev–Trinajstić information content (AvgIpc) is 2.94. The van der Waals surface area contributed by atoms with Gasteiger partial charge in [-0.3, -0.25) is 4.79 Å². The van der Waals surface area contributed by atoms with Crippen molar-refractivity contribution in [1.29, 1.82) is 0 Å². The second-order valence-electron chi connectivity index (χ2n) is 4.80. The van der Waals surface area contributed by atoms with E-state index in [-0.39, 0.29) is 5.91 Å². The van der Waals surface area contributed by atoms with Crippen molar-refractivity contribution in [3.8, 4) is 0 Å². The first-order chi connectivity index (χ1) is 9.56. The number of hydrazone groups is 1. The molecule has 1 heterocycles. The molecule has 4 heteroatoms. The molecule has 0 aliphatic rings. The smallest absolute Gasteiger partial charge is 0.244 e. The fourth-order valence-corrected chi connectivity index (χ4v) is 2.50. The Morgan fingerprint density at radius 3 is 2.70 bits per heavy atom. The standard InChI is InChI=1S/C16H18N2OS/c1-11-6-7-14(9-12(11)2)10-16(19)18-17-13(3)15-5-4-8-20-15/h4-9H,10H2,1-3H3,(H,18,19)/b17-13-. The van der Waals surface area contributed by atoms with Crippen LogP contribution in [0.3, 0.4) is 0 Å². The highest BCUT2D eigenvalue weighted by atomic mass is 32.1. The zero-order valence-corrected chi connectivity index (χ0v) is 12.8. The van der Waals surface area contributed by atoms with Gasteiger partial charge in [-0.1, -0.05) is 24.3 Å². The molecule has 0 aliphatic carbocycles. The fraction of sp³-hybridized carbons (Fsp3) is 0.250. The van der Waals surface area contributed by atoms with Crippen LogP contribution < -0.4 is 5.43 Å². The first kappa shape index (κ1) is 14.5. The molecule has 1 N–H and O–H groups in total. The number of carbonyl (C=O) groups is 1. The van der Waals surface area contributed by atoms with Crippen molar-refractivity contribution in [1.82, 2.24) is 5.43 Å². The maximum Gasteiger partial charge on any atom is 0.244 e. The normalized spacial score (nSPS) is 11.4. The van der Waals surface area contributed by atoms with Crippen LogP contribution in [0.25, 0.3) is 0 Å². The summed E-state index contributed by atoms with van der Waals surface area (Å²) in [6, 6.07) is 10.0. The number of thiophene rings is 1. The molecule has 1 aromatic carbocycles. The summed E-state index contributed by atoms with van der Waals surface area (Å²) in [5, 5.41) is 6.12. The van der Waals surface area contributed by atoms with Crippen LogP contribution in [0, 0.1) is 13.8 Å². The van der Waals surface area contributed by atoms with Gasteiger partial charge in [0.05, 0.1) is 12.1 Å². The second kappa shape index (κ2) is 6.48. The van der Waals surface area contributed by atoms with E-state index in [0.29, 0.717) is 6.42 Å². The van der Waals surface area contributed by atoms with Crippen LogP contribution in [-0.4, -0.2) is 11.6 Å². The molecular weight excluding hydrogens is 268 g/mol. The molecule has 0 unspecified atom stereocenters. The van der Waals surface area contributed by atoms with E-state index < -0.39 is 0 Å². The summed E-state index contributed by atoms with van der Waals surface area (Å²) in [5.41, 5.74) is 6.88. The molecule has 0 spiro atoms. The topological polar surface area (TPSA) is 41.5 Å². The number of aryl methyl sites for hydroxylation is 2. The van der Waals surface area contributed by atoms with E-state index in [0.717, 1.165) is 16.2 Å². The molecule has 0 bridgehead atoms. The Balaban J connectivity index is 1.95. The third kappa shape index (κ3) is 3.78. The number of nitrogens with zero attached hydrogens (tertiary/aromatic N) is 1. The van der Waals surface area contributed by atoms with Crippen molar-refractivity contribution in [2.75, 3.05) is 0 Å². The summed E-state index contributed by atoms with van der Waals surface area (Å²) in [6.07, 6.45) is 0.350. The number of nitrogens with one attached hydrogen (secondary N) is 1. The minimum atomic E-state index is -0.0934. The van der Waals surface area contributed by atoms with Gasteiger partial charge in [-0.15, -0.1) is 11.3 Å². The third-order valence-corrected chi connectivity index (χ3v) is 4.14. The predicted molar refractivity (Wildman–Crippen MR) is 84.3 cm³/mol. The van der Waals surface area contributed by atoms with Gasteiger partial charge in [0.2, 0.25) is 5.91 Å². The SMILES string of the molecule is C/C(=N/NC(=O)Cc1ccc(C)c(C)c1)c1cccs1. The summed E-state index contributed by atoms with van der Waals surface area (Å²) in [7, 11) is 0. The van der Waals surface area contributed by atoms with Crippen LogP contribution in [0.2, 0.25) is 0 Å². The highest BCUT2D eigenvalue weighted by molar-refractivity contribution is 7.12. The molecule has 20 heavy (non-hydrogen) atoms. The lowest BCUT2D eigenvalue weighted by molar-refractivity contribution is -0.120. The summed E-state index contributed by atoms with van der Waals surface area (Å²) in [4.78, 5) is 12.9. The molecule has 3 nitrogen and oxygen atoms in total. The fourth-order valence-electron chi connectivity index (χ4n) is 1.82. The van der Waals surface area contributed by atoms with Gasteiger partial charge in [0.1, 0.15) is 0 Å². The lowest BCUT2D eigenvalue weighted by atomic mass is 10.0. The Morgan fingerprint density at radius 2 is 2.05 bits per heavy atom. The molecule has 1 amide bonds. The van der Waals surface area contributed by atoms with E-state index in [4.69, 9.17) is 0 Å². The number of hydrogen-bond donors (Lipinski definition) is 1. The molecule has 0 fully saturated rings. The lowest BCUT2D eigenvalue weighted by Crippen LogP contribution is -2.21. The highest BCUT2D eigenvalue weighted by Gasteiger charge is 2.04. The number of carbonyl (C=O) groups excluding carboxylic acids is 1. The Morgan fingerprint density at radius 1 is 1.25 bits per heavy atom. The lowest BCUT2D eigenvalue weighted by Gasteiger charge is -2.05. The predicted octanol–water partition coefficient (Wildman–Crippen LogP) is 3.45. The number of amides is 1. The Labute approximate surface area is 123 Å². The molecular formula is C16H18N2OS. The van der Waals surface area contributed by atoms with Crippen molar-refractivity contribution in [3.05, 3.63) is 57.3 Å². The van der Waals surface area contributed by atoms with Gasteiger partial charge in [0.15, 0.2) is 0 Å². The molecule has 0 radical (unpaired) electrons. The van der Waals surface area contributed by atoms with Crippen molar-refractivity contribution in [2.24, 2.45) is 5.10 Å². The first-order valence-electron chi connectivity index (χ1n) is 6.49. The number of rotatable bonds is 4. The third-order valence-electron chi connectivity index (χ3n) is 3.16.